The van der Waals surface area contributed by atoms with E-state index in [1.807, 2.05) is 6.08 Å². The molecule has 2 nitrogen and oxygen atoms in total. The Morgan fingerprint density at radius 2 is 2.08 bits per heavy atom. The molecule has 3 heteroatoms. The van der Waals surface area contributed by atoms with Crippen LogP contribution >= 0.6 is 0 Å². The van der Waals surface area contributed by atoms with Gasteiger partial charge in [-0.15, -0.1) is 0 Å². The molecule has 0 fully saturated rings. The quantitative estimate of drug-likeness (QED) is 0.483. The smallest absolute Gasteiger partial charge is 0.0250 e. The SMILES string of the molecule is CC1C=CCC(S(=O)[O-])CCCC1. The molecule has 0 aliphatic heterocycles. The van der Waals surface area contributed by atoms with E-state index in [0.29, 0.717) is 12.3 Å². The Labute approximate surface area is 82.7 Å². The fraction of sp³-hybridized carbons (Fsp3) is 0.800. The third-order valence-electron chi connectivity index (χ3n) is 2.57. The maximum Gasteiger partial charge on any atom is 0.0250 e. The van der Waals surface area contributed by atoms with Crippen molar-refractivity contribution in [1.82, 2.24) is 0 Å². The van der Waals surface area contributed by atoms with E-state index in [9.17, 15) is 8.76 Å². The van der Waals surface area contributed by atoms with Gasteiger partial charge in [-0.1, -0.05) is 43.0 Å². The Hall–Kier alpha value is -0.150. The van der Waals surface area contributed by atoms with Crippen LogP contribution in [0.15, 0.2) is 12.2 Å². The first kappa shape index (κ1) is 10.9. The molecule has 0 N–H and O–H groups in total. The van der Waals surface area contributed by atoms with E-state index in [4.69, 9.17) is 0 Å². The molecule has 0 saturated heterocycles. The fourth-order valence-corrected chi connectivity index (χ4v) is 2.32. The summed E-state index contributed by atoms with van der Waals surface area (Å²) in [6.45, 7) is 2.19. The molecule has 0 radical (unpaired) electrons. The lowest BCUT2D eigenvalue weighted by molar-refractivity contribution is 0.506. The van der Waals surface area contributed by atoms with Crippen LogP contribution in [0.25, 0.3) is 0 Å². The van der Waals surface area contributed by atoms with Gasteiger partial charge in [-0.05, 0) is 25.2 Å². The molecule has 0 spiro atoms. The van der Waals surface area contributed by atoms with E-state index in [0.717, 1.165) is 19.3 Å². The van der Waals surface area contributed by atoms with Gasteiger partial charge in [-0.3, -0.25) is 4.21 Å². The van der Waals surface area contributed by atoms with Gasteiger partial charge in [-0.25, -0.2) is 0 Å². The molecular formula is C10H17O2S-. The van der Waals surface area contributed by atoms with Crippen LogP contribution in [-0.2, 0) is 11.1 Å². The Morgan fingerprint density at radius 1 is 1.38 bits per heavy atom. The minimum atomic E-state index is -1.89. The molecule has 1 rings (SSSR count). The van der Waals surface area contributed by atoms with Crippen molar-refractivity contribution in [2.45, 2.75) is 44.3 Å². The third kappa shape index (κ3) is 4.05. The van der Waals surface area contributed by atoms with Crippen molar-refractivity contribution in [3.8, 4) is 0 Å². The van der Waals surface area contributed by atoms with Gasteiger partial charge in [0.25, 0.3) is 0 Å². The van der Waals surface area contributed by atoms with Crippen molar-refractivity contribution < 1.29 is 8.76 Å². The van der Waals surface area contributed by atoms with E-state index in [1.54, 1.807) is 0 Å². The lowest BCUT2D eigenvalue weighted by Crippen LogP contribution is -2.13. The monoisotopic (exact) mass is 201 g/mol. The van der Waals surface area contributed by atoms with E-state index < -0.39 is 11.1 Å². The Bertz CT molecular complexity index is 201. The lowest BCUT2D eigenvalue weighted by Gasteiger charge is -2.17. The lowest BCUT2D eigenvalue weighted by atomic mass is 10.0. The van der Waals surface area contributed by atoms with Gasteiger partial charge in [0.15, 0.2) is 0 Å². The van der Waals surface area contributed by atoms with Crippen LogP contribution in [0.1, 0.15) is 39.0 Å². The molecule has 1 aliphatic rings. The topological polar surface area (TPSA) is 40.1 Å². The maximum absolute atomic E-state index is 10.8. The number of hydrogen-bond acceptors (Lipinski definition) is 2. The first-order chi connectivity index (χ1) is 6.20. The normalized spacial score (nSPS) is 33.1. The average Bonchev–Trinajstić information content (AvgIpc) is 2.16. The summed E-state index contributed by atoms with van der Waals surface area (Å²) in [5.74, 6) is 0.610. The molecule has 0 aromatic rings. The predicted molar refractivity (Wildman–Crippen MR) is 54.1 cm³/mol. The van der Waals surface area contributed by atoms with Crippen molar-refractivity contribution in [2.75, 3.05) is 0 Å². The summed E-state index contributed by atoms with van der Waals surface area (Å²) in [4.78, 5) is 0. The van der Waals surface area contributed by atoms with E-state index in [2.05, 4.69) is 13.0 Å². The van der Waals surface area contributed by atoms with Gasteiger partial charge in [0.05, 0.1) is 0 Å². The van der Waals surface area contributed by atoms with Crippen molar-refractivity contribution >= 4 is 11.1 Å². The van der Waals surface area contributed by atoms with Gasteiger partial charge in [-0.2, -0.15) is 0 Å². The second-order valence-electron chi connectivity index (χ2n) is 3.81. The minimum absolute atomic E-state index is 0.151. The van der Waals surface area contributed by atoms with E-state index >= 15 is 0 Å². The molecule has 76 valence electrons. The largest absolute Gasteiger partial charge is 0.772 e. The van der Waals surface area contributed by atoms with Crippen LogP contribution in [0.5, 0.6) is 0 Å². The molecule has 0 saturated carbocycles. The highest BCUT2D eigenvalue weighted by atomic mass is 32.2. The minimum Gasteiger partial charge on any atom is -0.772 e. The highest BCUT2D eigenvalue weighted by Gasteiger charge is 2.09. The molecule has 13 heavy (non-hydrogen) atoms. The summed E-state index contributed by atoms with van der Waals surface area (Å²) in [7, 11) is 0. The molecule has 3 atom stereocenters. The van der Waals surface area contributed by atoms with Gasteiger partial charge >= 0.3 is 0 Å². The second kappa shape index (κ2) is 5.55. The van der Waals surface area contributed by atoms with Crippen LogP contribution < -0.4 is 0 Å². The fourth-order valence-electron chi connectivity index (χ4n) is 1.69. The predicted octanol–water partition coefficient (Wildman–Crippen LogP) is 2.39. The van der Waals surface area contributed by atoms with Crippen molar-refractivity contribution in [3.05, 3.63) is 12.2 Å². The van der Waals surface area contributed by atoms with E-state index in [1.165, 1.54) is 6.42 Å². The van der Waals surface area contributed by atoms with Crippen molar-refractivity contribution in [1.29, 1.82) is 0 Å². The first-order valence-corrected chi connectivity index (χ1v) is 6.08. The molecule has 3 unspecified atom stereocenters. The van der Waals surface area contributed by atoms with Crippen LogP contribution in [0.2, 0.25) is 0 Å². The van der Waals surface area contributed by atoms with Crippen LogP contribution in [0.3, 0.4) is 0 Å². The van der Waals surface area contributed by atoms with Crippen LogP contribution in [0.4, 0.5) is 0 Å². The summed E-state index contributed by atoms with van der Waals surface area (Å²) in [5, 5.41) is -0.151. The van der Waals surface area contributed by atoms with Crippen molar-refractivity contribution in [2.24, 2.45) is 5.92 Å². The maximum atomic E-state index is 10.8. The van der Waals surface area contributed by atoms with Gasteiger partial charge < -0.3 is 4.55 Å². The molecule has 1 aliphatic carbocycles. The molecule has 0 amide bonds. The Morgan fingerprint density at radius 3 is 2.77 bits per heavy atom. The second-order valence-corrected chi connectivity index (χ2v) is 5.00. The van der Waals surface area contributed by atoms with Crippen LogP contribution in [0, 0.1) is 5.92 Å². The van der Waals surface area contributed by atoms with E-state index in [-0.39, 0.29) is 5.25 Å². The standard InChI is InChI=1S/C10H18O2S/c1-9-5-2-3-7-10(13(11)12)8-4-6-9/h4,6,9-10H,2-3,5,7-8H2,1H3,(H,11,12)/p-1. The number of allylic oxidation sites excluding steroid dienone is 2. The van der Waals surface area contributed by atoms with Crippen molar-refractivity contribution in [3.63, 3.8) is 0 Å². The third-order valence-corrected chi connectivity index (χ3v) is 3.54. The molecular weight excluding hydrogens is 184 g/mol. The number of hydrogen-bond donors (Lipinski definition) is 0. The van der Waals surface area contributed by atoms with Crippen LogP contribution in [-0.4, -0.2) is 14.0 Å². The number of rotatable bonds is 1. The zero-order valence-corrected chi connectivity index (χ0v) is 8.89. The van der Waals surface area contributed by atoms with Gasteiger partial charge in [0.1, 0.15) is 0 Å². The summed E-state index contributed by atoms with van der Waals surface area (Å²) in [6.07, 6.45) is 9.08. The average molecular weight is 201 g/mol. The highest BCUT2D eigenvalue weighted by molar-refractivity contribution is 7.79. The van der Waals surface area contributed by atoms with Gasteiger partial charge in [0.2, 0.25) is 0 Å². The zero-order valence-electron chi connectivity index (χ0n) is 8.07. The molecule has 0 heterocycles. The highest BCUT2D eigenvalue weighted by Crippen LogP contribution is 2.18. The Balaban J connectivity index is 2.50. The summed E-state index contributed by atoms with van der Waals surface area (Å²) < 4.78 is 21.6. The molecule has 0 aromatic heterocycles. The Kier molecular flexibility index (Phi) is 4.67. The summed E-state index contributed by atoms with van der Waals surface area (Å²) in [5.41, 5.74) is 0. The summed E-state index contributed by atoms with van der Waals surface area (Å²) >= 11 is -1.89. The van der Waals surface area contributed by atoms with Gasteiger partial charge in [0, 0.05) is 5.25 Å². The molecule has 0 aromatic carbocycles. The zero-order chi connectivity index (χ0) is 9.68. The first-order valence-electron chi connectivity index (χ1n) is 4.95. The molecule has 0 bridgehead atoms. The summed E-state index contributed by atoms with van der Waals surface area (Å²) in [6, 6.07) is 0.